The number of nitrogens with two attached hydrogens (primary N) is 1. The van der Waals surface area contributed by atoms with Crippen LogP contribution in [0.15, 0.2) is 22.7 Å². The van der Waals surface area contributed by atoms with E-state index in [4.69, 9.17) is 10.5 Å². The molecule has 0 unspecified atom stereocenters. The third-order valence-electron chi connectivity index (χ3n) is 2.20. The summed E-state index contributed by atoms with van der Waals surface area (Å²) in [5.74, 6) is 0.481. The van der Waals surface area contributed by atoms with Gasteiger partial charge in [-0.1, -0.05) is 6.92 Å². The number of anilines is 1. The van der Waals surface area contributed by atoms with Crippen LogP contribution in [-0.2, 0) is 4.79 Å². The summed E-state index contributed by atoms with van der Waals surface area (Å²) < 4.78 is 5.97. The van der Waals surface area contributed by atoms with Crippen molar-refractivity contribution < 1.29 is 9.53 Å². The molecule has 0 aromatic heterocycles. The Morgan fingerprint density at radius 1 is 1.62 bits per heavy atom. The summed E-state index contributed by atoms with van der Waals surface area (Å²) >= 11 is 3.34. The number of carbonyl (C=O) groups excluding carboxylic acids is 1. The molecule has 0 aliphatic heterocycles. The molecule has 1 rings (SSSR count). The van der Waals surface area contributed by atoms with E-state index < -0.39 is 6.04 Å². The van der Waals surface area contributed by atoms with Crippen molar-refractivity contribution in [3.8, 4) is 5.75 Å². The number of hydrogen-bond donors (Lipinski definition) is 2. The second kappa shape index (κ2) is 5.86. The molecular formula is C11H15BrN2O2. The van der Waals surface area contributed by atoms with Gasteiger partial charge in [-0.15, -0.1) is 0 Å². The minimum Gasteiger partial charge on any atom is -0.495 e. The van der Waals surface area contributed by atoms with Gasteiger partial charge in [-0.2, -0.15) is 0 Å². The second-order valence-electron chi connectivity index (χ2n) is 3.35. The number of amides is 1. The van der Waals surface area contributed by atoms with E-state index >= 15 is 0 Å². The zero-order chi connectivity index (χ0) is 12.1. The molecule has 0 saturated heterocycles. The summed E-state index contributed by atoms with van der Waals surface area (Å²) in [7, 11) is 1.57. The summed E-state index contributed by atoms with van der Waals surface area (Å²) in [6, 6.07) is 4.86. The molecule has 3 N–H and O–H groups in total. The fourth-order valence-electron chi connectivity index (χ4n) is 1.16. The first-order chi connectivity index (χ1) is 7.58. The van der Waals surface area contributed by atoms with Crippen molar-refractivity contribution >= 4 is 27.5 Å². The van der Waals surface area contributed by atoms with Gasteiger partial charge < -0.3 is 15.8 Å². The molecule has 0 spiro atoms. The molecule has 1 atom stereocenters. The fraction of sp³-hybridized carbons (Fsp3) is 0.364. The highest BCUT2D eigenvalue weighted by molar-refractivity contribution is 9.10. The summed E-state index contributed by atoms with van der Waals surface area (Å²) in [6.07, 6.45) is 0.611. The third-order valence-corrected chi connectivity index (χ3v) is 2.85. The average Bonchev–Trinajstić information content (AvgIpc) is 2.30. The number of ether oxygens (including phenoxy) is 1. The van der Waals surface area contributed by atoms with Crippen molar-refractivity contribution in [3.05, 3.63) is 22.7 Å². The van der Waals surface area contributed by atoms with E-state index in [9.17, 15) is 4.79 Å². The summed E-state index contributed by atoms with van der Waals surface area (Å²) in [4.78, 5) is 11.5. The average molecular weight is 287 g/mol. The predicted molar refractivity (Wildman–Crippen MR) is 67.6 cm³/mol. The monoisotopic (exact) mass is 286 g/mol. The van der Waals surface area contributed by atoms with Crippen LogP contribution in [0.2, 0.25) is 0 Å². The molecule has 1 aromatic carbocycles. The molecule has 0 aliphatic carbocycles. The van der Waals surface area contributed by atoms with Crippen LogP contribution in [0.25, 0.3) is 0 Å². The fourth-order valence-corrected chi connectivity index (χ4v) is 1.57. The molecule has 0 fully saturated rings. The largest absolute Gasteiger partial charge is 0.495 e. The van der Waals surface area contributed by atoms with Gasteiger partial charge in [0.15, 0.2) is 0 Å². The summed E-state index contributed by atoms with van der Waals surface area (Å²) in [5.41, 5.74) is 6.29. The molecule has 5 heteroatoms. The van der Waals surface area contributed by atoms with Crippen LogP contribution in [0.1, 0.15) is 13.3 Å². The maximum atomic E-state index is 11.5. The predicted octanol–water partition coefficient (Wildman–Crippen LogP) is 2.13. The van der Waals surface area contributed by atoms with Gasteiger partial charge >= 0.3 is 0 Å². The summed E-state index contributed by atoms with van der Waals surface area (Å²) in [6.45, 7) is 1.87. The minimum atomic E-state index is -0.477. The SMILES string of the molecule is CC[C@H](N)C(=O)Nc1ccc(Br)c(OC)c1. The standard InChI is InChI=1S/C11H15BrN2O2/c1-3-9(13)11(15)14-7-4-5-8(12)10(6-7)16-2/h4-6,9H,3,13H2,1-2H3,(H,14,15)/t9-/m0/s1. The minimum absolute atomic E-state index is 0.188. The Labute approximate surface area is 103 Å². The highest BCUT2D eigenvalue weighted by Crippen LogP contribution is 2.27. The number of carbonyl (C=O) groups is 1. The smallest absolute Gasteiger partial charge is 0.241 e. The van der Waals surface area contributed by atoms with Gasteiger partial charge in [0.25, 0.3) is 0 Å². The molecule has 0 saturated carbocycles. The summed E-state index contributed by atoms with van der Waals surface area (Å²) in [5, 5.41) is 2.73. The number of halogens is 1. The van der Waals surface area contributed by atoms with Crippen LogP contribution in [0.4, 0.5) is 5.69 Å². The van der Waals surface area contributed by atoms with E-state index in [1.165, 1.54) is 0 Å². The zero-order valence-electron chi connectivity index (χ0n) is 9.29. The van der Waals surface area contributed by atoms with Gasteiger partial charge in [-0.25, -0.2) is 0 Å². The number of hydrogen-bond acceptors (Lipinski definition) is 3. The number of methoxy groups -OCH3 is 1. The van der Waals surface area contributed by atoms with Crippen LogP contribution < -0.4 is 15.8 Å². The van der Waals surface area contributed by atoms with Gasteiger partial charge in [0, 0.05) is 11.8 Å². The second-order valence-corrected chi connectivity index (χ2v) is 4.21. The van der Waals surface area contributed by atoms with Gasteiger partial charge in [-0.05, 0) is 34.5 Å². The van der Waals surface area contributed by atoms with Crippen molar-refractivity contribution in [2.75, 3.05) is 12.4 Å². The third kappa shape index (κ3) is 3.21. The Balaban J connectivity index is 2.78. The van der Waals surface area contributed by atoms with Gasteiger partial charge in [0.2, 0.25) is 5.91 Å². The quantitative estimate of drug-likeness (QED) is 0.891. The number of nitrogens with one attached hydrogen (secondary N) is 1. The normalized spacial score (nSPS) is 12.0. The van der Waals surface area contributed by atoms with Crippen LogP contribution in [0.3, 0.4) is 0 Å². The van der Waals surface area contributed by atoms with Gasteiger partial charge in [0.05, 0.1) is 17.6 Å². The highest BCUT2D eigenvalue weighted by atomic mass is 79.9. The molecular weight excluding hydrogens is 272 g/mol. The molecule has 0 bridgehead atoms. The lowest BCUT2D eigenvalue weighted by molar-refractivity contribution is -0.117. The van der Waals surface area contributed by atoms with Crippen LogP contribution in [0, 0.1) is 0 Å². The van der Waals surface area contributed by atoms with E-state index in [1.54, 1.807) is 19.2 Å². The maximum absolute atomic E-state index is 11.5. The van der Waals surface area contributed by atoms with Crippen molar-refractivity contribution in [2.45, 2.75) is 19.4 Å². The van der Waals surface area contributed by atoms with Gasteiger partial charge in [-0.3, -0.25) is 4.79 Å². The van der Waals surface area contributed by atoms with Crippen molar-refractivity contribution in [1.29, 1.82) is 0 Å². The first-order valence-electron chi connectivity index (χ1n) is 4.98. The van der Waals surface area contributed by atoms with E-state index in [2.05, 4.69) is 21.2 Å². The molecule has 88 valence electrons. The van der Waals surface area contributed by atoms with Crippen LogP contribution >= 0.6 is 15.9 Å². The van der Waals surface area contributed by atoms with E-state index in [-0.39, 0.29) is 5.91 Å². The first kappa shape index (κ1) is 13.0. The van der Waals surface area contributed by atoms with Crippen molar-refractivity contribution in [3.63, 3.8) is 0 Å². The van der Waals surface area contributed by atoms with Crippen LogP contribution in [0.5, 0.6) is 5.75 Å². The Bertz CT molecular complexity index is 382. The van der Waals surface area contributed by atoms with E-state index in [1.807, 2.05) is 13.0 Å². The zero-order valence-corrected chi connectivity index (χ0v) is 10.9. The molecule has 0 heterocycles. The van der Waals surface area contributed by atoms with E-state index in [0.29, 0.717) is 17.9 Å². The molecule has 4 nitrogen and oxygen atoms in total. The Morgan fingerprint density at radius 2 is 2.31 bits per heavy atom. The molecule has 16 heavy (non-hydrogen) atoms. The maximum Gasteiger partial charge on any atom is 0.241 e. The molecule has 0 radical (unpaired) electrons. The molecule has 1 amide bonds. The van der Waals surface area contributed by atoms with Gasteiger partial charge in [0.1, 0.15) is 5.75 Å². The first-order valence-corrected chi connectivity index (χ1v) is 5.77. The number of rotatable bonds is 4. The van der Waals surface area contributed by atoms with Crippen molar-refractivity contribution in [1.82, 2.24) is 0 Å². The topological polar surface area (TPSA) is 64.4 Å². The highest BCUT2D eigenvalue weighted by Gasteiger charge is 2.11. The Hall–Kier alpha value is -1.07. The lowest BCUT2D eigenvalue weighted by Crippen LogP contribution is -2.34. The number of benzene rings is 1. The van der Waals surface area contributed by atoms with E-state index in [0.717, 1.165) is 4.47 Å². The Kier molecular flexibility index (Phi) is 4.76. The van der Waals surface area contributed by atoms with Crippen molar-refractivity contribution in [2.24, 2.45) is 5.73 Å². The lowest BCUT2D eigenvalue weighted by atomic mass is 10.2. The Morgan fingerprint density at radius 3 is 2.88 bits per heavy atom. The molecule has 0 aliphatic rings. The lowest BCUT2D eigenvalue weighted by Gasteiger charge is -2.11. The van der Waals surface area contributed by atoms with Crippen LogP contribution in [-0.4, -0.2) is 19.1 Å². The molecule has 1 aromatic rings.